The van der Waals surface area contributed by atoms with Crippen molar-refractivity contribution in [2.75, 3.05) is 0 Å². The van der Waals surface area contributed by atoms with E-state index >= 15 is 0 Å². The number of nitrogens with zero attached hydrogens (tertiary/aromatic N) is 2. The fraction of sp³-hybridized carbons (Fsp3) is 0.333. The molecule has 0 aliphatic heterocycles. The highest BCUT2D eigenvalue weighted by Crippen LogP contribution is 2.21. The first-order valence-electron chi connectivity index (χ1n) is 4.03. The van der Waals surface area contributed by atoms with E-state index in [0.717, 1.165) is 0 Å². The molecule has 0 aliphatic rings. The Hall–Kier alpha value is -1.65. The van der Waals surface area contributed by atoms with Gasteiger partial charge in [0.1, 0.15) is 0 Å². The van der Waals surface area contributed by atoms with Crippen molar-refractivity contribution in [1.29, 1.82) is 0 Å². The number of carbonyl (C=O) groups is 1. The third kappa shape index (κ3) is 1.81. The van der Waals surface area contributed by atoms with E-state index in [0.29, 0.717) is 11.3 Å². The molecule has 0 bridgehead atoms. The number of aromatic nitrogens is 2. The largest absolute Gasteiger partial charge is 0.476 e. The fourth-order valence-electron chi connectivity index (χ4n) is 1.25. The molecule has 0 atom stereocenters. The van der Waals surface area contributed by atoms with Crippen molar-refractivity contribution in [3.63, 3.8) is 0 Å². The average molecular weight is 198 g/mol. The minimum atomic E-state index is -1.55. The molecule has 1 heterocycles. The van der Waals surface area contributed by atoms with Crippen molar-refractivity contribution in [2.45, 2.75) is 13.8 Å². The summed E-state index contributed by atoms with van der Waals surface area (Å²) in [6, 6.07) is 0. The van der Waals surface area contributed by atoms with E-state index < -0.39 is 11.8 Å². The Balaban J connectivity index is 3.24. The zero-order valence-corrected chi connectivity index (χ0v) is 8.21. The topological polar surface area (TPSA) is 55.1 Å². The van der Waals surface area contributed by atoms with Gasteiger partial charge in [-0.1, -0.05) is 0 Å². The van der Waals surface area contributed by atoms with E-state index in [-0.39, 0.29) is 5.57 Å². The number of hydrogen-bond acceptors (Lipinski definition) is 2. The van der Waals surface area contributed by atoms with Crippen LogP contribution in [0.5, 0.6) is 0 Å². The molecule has 1 aromatic heterocycles. The van der Waals surface area contributed by atoms with Crippen LogP contribution in [0.1, 0.15) is 18.2 Å². The Bertz CT molecular complexity index is 407. The molecule has 0 aliphatic carbocycles. The van der Waals surface area contributed by atoms with Gasteiger partial charge in [0.2, 0.25) is 5.83 Å². The molecule has 0 radical (unpaired) electrons. The van der Waals surface area contributed by atoms with E-state index in [9.17, 15) is 9.18 Å². The monoisotopic (exact) mass is 198 g/mol. The Labute approximate surface area is 80.7 Å². The Morgan fingerprint density at radius 1 is 1.64 bits per heavy atom. The molecule has 0 saturated carbocycles. The summed E-state index contributed by atoms with van der Waals surface area (Å²) in [5.74, 6) is -2.69. The lowest BCUT2D eigenvalue weighted by molar-refractivity contribution is -0.134. The number of hydrogen-bond donors (Lipinski definition) is 1. The van der Waals surface area contributed by atoms with Crippen LogP contribution in [0.4, 0.5) is 4.39 Å². The normalized spacial score (nSPS) is 12.6. The van der Waals surface area contributed by atoms with Crippen molar-refractivity contribution in [3.05, 3.63) is 23.3 Å². The number of aliphatic carboxylic acids is 1. The van der Waals surface area contributed by atoms with Gasteiger partial charge in [-0.05, 0) is 13.8 Å². The summed E-state index contributed by atoms with van der Waals surface area (Å²) < 4.78 is 14.6. The molecule has 76 valence electrons. The molecule has 0 amide bonds. The smallest absolute Gasteiger partial charge is 0.365 e. The zero-order valence-electron chi connectivity index (χ0n) is 8.21. The number of aryl methyl sites for hydroxylation is 2. The Morgan fingerprint density at radius 2 is 2.21 bits per heavy atom. The molecule has 14 heavy (non-hydrogen) atoms. The summed E-state index contributed by atoms with van der Waals surface area (Å²) in [4.78, 5) is 10.4. The van der Waals surface area contributed by atoms with E-state index in [2.05, 4.69) is 5.10 Å². The van der Waals surface area contributed by atoms with Crippen molar-refractivity contribution in [2.24, 2.45) is 7.05 Å². The predicted octanol–water partition coefficient (Wildman–Crippen LogP) is 1.51. The molecule has 1 N–H and O–H groups in total. The van der Waals surface area contributed by atoms with Crippen LogP contribution in [0, 0.1) is 6.92 Å². The molecule has 0 saturated heterocycles. The first-order chi connectivity index (χ1) is 6.43. The van der Waals surface area contributed by atoms with Gasteiger partial charge in [0.25, 0.3) is 0 Å². The van der Waals surface area contributed by atoms with Crippen LogP contribution in [-0.2, 0) is 11.8 Å². The van der Waals surface area contributed by atoms with Gasteiger partial charge >= 0.3 is 5.97 Å². The maximum Gasteiger partial charge on any atom is 0.365 e. The first kappa shape index (κ1) is 10.4. The molecule has 0 unspecified atom stereocenters. The summed E-state index contributed by atoms with van der Waals surface area (Å²) >= 11 is 0. The lowest BCUT2D eigenvalue weighted by atomic mass is 10.1. The van der Waals surface area contributed by atoms with Gasteiger partial charge in [0.15, 0.2) is 0 Å². The maximum atomic E-state index is 13.0. The van der Waals surface area contributed by atoms with Gasteiger partial charge in [-0.15, -0.1) is 0 Å². The zero-order chi connectivity index (χ0) is 10.9. The number of rotatable bonds is 2. The van der Waals surface area contributed by atoms with Crippen molar-refractivity contribution >= 4 is 11.5 Å². The van der Waals surface area contributed by atoms with E-state index in [1.165, 1.54) is 11.6 Å². The van der Waals surface area contributed by atoms with Gasteiger partial charge in [-0.2, -0.15) is 9.49 Å². The number of carboxylic acids is 1. The van der Waals surface area contributed by atoms with Crippen LogP contribution < -0.4 is 0 Å². The summed E-state index contributed by atoms with van der Waals surface area (Å²) in [6.07, 6.45) is 1.59. The van der Waals surface area contributed by atoms with Gasteiger partial charge in [-0.25, -0.2) is 4.79 Å². The van der Waals surface area contributed by atoms with Crippen LogP contribution in [0.25, 0.3) is 5.57 Å². The summed E-state index contributed by atoms with van der Waals surface area (Å²) in [5, 5.41) is 12.4. The highest BCUT2D eigenvalue weighted by atomic mass is 19.1. The third-order valence-corrected chi connectivity index (χ3v) is 1.93. The summed E-state index contributed by atoms with van der Waals surface area (Å²) in [7, 11) is 1.70. The molecule has 0 fully saturated rings. The lowest BCUT2D eigenvalue weighted by Crippen LogP contribution is -1.98. The molecule has 0 spiro atoms. The Kier molecular flexibility index (Phi) is 2.69. The van der Waals surface area contributed by atoms with Gasteiger partial charge in [-0.3, -0.25) is 4.68 Å². The SMILES string of the molecule is C/C(=C(/F)C(=O)O)c1cn(C)nc1C. The van der Waals surface area contributed by atoms with Crippen molar-refractivity contribution in [3.8, 4) is 0 Å². The van der Waals surface area contributed by atoms with E-state index in [1.807, 2.05) is 0 Å². The summed E-state index contributed by atoms with van der Waals surface area (Å²) in [6.45, 7) is 3.13. The van der Waals surface area contributed by atoms with Crippen molar-refractivity contribution < 1.29 is 14.3 Å². The molecule has 1 rings (SSSR count). The third-order valence-electron chi connectivity index (χ3n) is 1.93. The number of halogens is 1. The fourth-order valence-corrected chi connectivity index (χ4v) is 1.25. The van der Waals surface area contributed by atoms with Crippen LogP contribution >= 0.6 is 0 Å². The molecule has 0 aromatic carbocycles. The van der Waals surface area contributed by atoms with Crippen LogP contribution in [0.3, 0.4) is 0 Å². The van der Waals surface area contributed by atoms with E-state index in [1.54, 1.807) is 20.2 Å². The highest BCUT2D eigenvalue weighted by Gasteiger charge is 2.15. The quantitative estimate of drug-likeness (QED) is 0.733. The number of carboxylic acid groups (broad SMARTS) is 1. The first-order valence-corrected chi connectivity index (χ1v) is 4.03. The maximum absolute atomic E-state index is 13.0. The minimum absolute atomic E-state index is 0.100. The molecule has 1 aromatic rings. The van der Waals surface area contributed by atoms with Crippen LogP contribution in [0.2, 0.25) is 0 Å². The van der Waals surface area contributed by atoms with Crippen LogP contribution in [-0.4, -0.2) is 20.9 Å². The highest BCUT2D eigenvalue weighted by molar-refractivity contribution is 5.93. The van der Waals surface area contributed by atoms with Gasteiger partial charge in [0.05, 0.1) is 5.69 Å². The molecule has 4 nitrogen and oxygen atoms in total. The second-order valence-corrected chi connectivity index (χ2v) is 3.05. The summed E-state index contributed by atoms with van der Waals surface area (Å²) in [5.41, 5.74) is 1.23. The predicted molar refractivity (Wildman–Crippen MR) is 49.3 cm³/mol. The molecular formula is C9H11FN2O2. The van der Waals surface area contributed by atoms with Gasteiger partial charge in [0, 0.05) is 24.4 Å². The average Bonchev–Trinajstić information content (AvgIpc) is 2.42. The molecule has 5 heteroatoms. The minimum Gasteiger partial charge on any atom is -0.476 e. The second kappa shape index (κ2) is 3.61. The lowest BCUT2D eigenvalue weighted by Gasteiger charge is -1.98. The van der Waals surface area contributed by atoms with Gasteiger partial charge < -0.3 is 5.11 Å². The van der Waals surface area contributed by atoms with E-state index in [4.69, 9.17) is 5.11 Å². The van der Waals surface area contributed by atoms with Crippen LogP contribution in [0.15, 0.2) is 12.0 Å². The molecular weight excluding hydrogens is 187 g/mol. The number of allylic oxidation sites excluding steroid dienone is 1. The Morgan fingerprint density at radius 3 is 2.57 bits per heavy atom. The second-order valence-electron chi connectivity index (χ2n) is 3.05. The standard InChI is InChI=1S/C9H11FN2O2/c1-5(8(10)9(13)14)7-4-12(3)11-6(7)2/h4H,1-3H3,(H,13,14)/b8-5-. The van der Waals surface area contributed by atoms with Crippen molar-refractivity contribution in [1.82, 2.24) is 9.78 Å².